The number of anilines is 1. The molecule has 118 valence electrons. The highest BCUT2D eigenvalue weighted by Crippen LogP contribution is 2.38. The fourth-order valence-corrected chi connectivity index (χ4v) is 4.23. The third-order valence-corrected chi connectivity index (χ3v) is 5.28. The molecule has 2 aromatic rings. The summed E-state index contributed by atoms with van der Waals surface area (Å²) in [5.74, 6) is 0.0628. The van der Waals surface area contributed by atoms with E-state index in [0.29, 0.717) is 26.4 Å². The lowest BCUT2D eigenvalue weighted by molar-refractivity contribution is -0.118. The minimum atomic E-state index is -0.326. The van der Waals surface area contributed by atoms with Gasteiger partial charge in [-0.25, -0.2) is 0 Å². The molecule has 0 unspecified atom stereocenters. The molecule has 3 rings (SSSR count). The summed E-state index contributed by atoms with van der Waals surface area (Å²) in [4.78, 5) is 13.2. The zero-order valence-corrected chi connectivity index (χ0v) is 14.3. The van der Waals surface area contributed by atoms with Gasteiger partial charge >= 0.3 is 0 Å². The standard InChI is InChI=1S/C16H12Cl2N2O2S/c17-9-4-5-13(12(18)6-9)22-8-15(21)20-16-11(7-19)10-2-1-3-14(10)23-16/h4-6H,1-3,8H2,(H,20,21). The van der Waals surface area contributed by atoms with E-state index in [9.17, 15) is 10.1 Å². The average molecular weight is 367 g/mol. The van der Waals surface area contributed by atoms with E-state index in [1.54, 1.807) is 18.2 Å². The molecule has 0 spiro atoms. The highest BCUT2D eigenvalue weighted by Gasteiger charge is 2.23. The molecular weight excluding hydrogens is 355 g/mol. The summed E-state index contributed by atoms with van der Waals surface area (Å²) >= 11 is 13.3. The molecule has 1 aliphatic rings. The van der Waals surface area contributed by atoms with Gasteiger partial charge in [0.2, 0.25) is 0 Å². The van der Waals surface area contributed by atoms with Gasteiger partial charge in [-0.3, -0.25) is 4.79 Å². The van der Waals surface area contributed by atoms with Crippen LogP contribution in [0.2, 0.25) is 10.0 Å². The van der Waals surface area contributed by atoms with Crippen LogP contribution in [0, 0.1) is 11.3 Å². The summed E-state index contributed by atoms with van der Waals surface area (Å²) < 4.78 is 5.40. The summed E-state index contributed by atoms with van der Waals surface area (Å²) in [6, 6.07) is 6.99. The Kier molecular flexibility index (Phi) is 4.76. The van der Waals surface area contributed by atoms with E-state index in [2.05, 4.69) is 11.4 Å². The van der Waals surface area contributed by atoms with Gasteiger partial charge in [0.15, 0.2) is 6.61 Å². The molecular formula is C16H12Cl2N2O2S. The van der Waals surface area contributed by atoms with Gasteiger partial charge < -0.3 is 10.1 Å². The van der Waals surface area contributed by atoms with Crippen LogP contribution in [0.1, 0.15) is 22.4 Å². The second-order valence-electron chi connectivity index (χ2n) is 5.08. The third kappa shape index (κ3) is 3.45. The first-order valence-electron chi connectivity index (χ1n) is 7.01. The average Bonchev–Trinajstić information content (AvgIpc) is 3.06. The van der Waals surface area contributed by atoms with Gasteiger partial charge in [0.05, 0.1) is 10.6 Å². The Hall–Kier alpha value is -1.74. The first-order chi connectivity index (χ1) is 11.1. The fourth-order valence-electron chi connectivity index (χ4n) is 2.51. The Bertz CT molecular complexity index is 811. The summed E-state index contributed by atoms with van der Waals surface area (Å²) in [6.45, 7) is -0.186. The summed E-state index contributed by atoms with van der Waals surface area (Å²) in [7, 11) is 0. The molecule has 0 aliphatic heterocycles. The number of nitrogens with zero attached hydrogens (tertiary/aromatic N) is 1. The molecule has 0 saturated heterocycles. The molecule has 1 amide bonds. The van der Waals surface area contributed by atoms with E-state index >= 15 is 0 Å². The first kappa shape index (κ1) is 16.1. The number of aryl methyl sites for hydroxylation is 1. The van der Waals surface area contributed by atoms with Crippen LogP contribution in [0.5, 0.6) is 5.75 Å². The van der Waals surface area contributed by atoms with E-state index in [0.717, 1.165) is 24.8 Å². The highest BCUT2D eigenvalue weighted by molar-refractivity contribution is 7.16. The number of halogens is 2. The van der Waals surface area contributed by atoms with Gasteiger partial charge in [-0.1, -0.05) is 23.2 Å². The van der Waals surface area contributed by atoms with Crippen LogP contribution >= 0.6 is 34.5 Å². The molecule has 1 N–H and O–H groups in total. The quantitative estimate of drug-likeness (QED) is 0.870. The lowest BCUT2D eigenvalue weighted by Crippen LogP contribution is -2.20. The second-order valence-corrected chi connectivity index (χ2v) is 7.03. The molecule has 1 heterocycles. The van der Waals surface area contributed by atoms with Crippen molar-refractivity contribution in [2.75, 3.05) is 11.9 Å². The molecule has 0 atom stereocenters. The van der Waals surface area contributed by atoms with Crippen LogP contribution in [-0.4, -0.2) is 12.5 Å². The van der Waals surface area contributed by atoms with E-state index in [4.69, 9.17) is 27.9 Å². The van der Waals surface area contributed by atoms with Crippen molar-refractivity contribution in [3.05, 3.63) is 44.2 Å². The smallest absolute Gasteiger partial charge is 0.262 e. The maximum Gasteiger partial charge on any atom is 0.262 e. The number of carbonyl (C=O) groups is 1. The maximum absolute atomic E-state index is 12.1. The van der Waals surface area contributed by atoms with Crippen molar-refractivity contribution >= 4 is 45.4 Å². The Labute approximate surface area is 147 Å². The van der Waals surface area contributed by atoms with Crippen LogP contribution in [-0.2, 0) is 17.6 Å². The van der Waals surface area contributed by atoms with Gasteiger partial charge in [0.1, 0.15) is 16.8 Å². The fraction of sp³-hybridized carbons (Fsp3) is 0.250. The molecule has 1 aliphatic carbocycles. The topological polar surface area (TPSA) is 62.1 Å². The number of hydrogen-bond acceptors (Lipinski definition) is 4. The molecule has 23 heavy (non-hydrogen) atoms. The number of hydrogen-bond donors (Lipinski definition) is 1. The molecule has 0 fully saturated rings. The summed E-state index contributed by atoms with van der Waals surface area (Å²) in [5, 5.41) is 13.5. The molecule has 0 saturated carbocycles. The number of amides is 1. The monoisotopic (exact) mass is 366 g/mol. The van der Waals surface area contributed by atoms with Gasteiger partial charge in [-0.05, 0) is 43.0 Å². The summed E-state index contributed by atoms with van der Waals surface area (Å²) in [6.07, 6.45) is 2.95. The molecule has 0 radical (unpaired) electrons. The van der Waals surface area contributed by atoms with Gasteiger partial charge in [-0.15, -0.1) is 11.3 Å². The Balaban J connectivity index is 1.65. The van der Waals surface area contributed by atoms with Crippen LogP contribution in [0.15, 0.2) is 18.2 Å². The SMILES string of the molecule is N#Cc1c(NC(=O)COc2ccc(Cl)cc2Cl)sc2c1CCC2. The predicted octanol–water partition coefficient (Wildman–Crippen LogP) is 4.43. The number of carbonyl (C=O) groups excluding carboxylic acids is 1. The number of nitrogens with one attached hydrogen (secondary N) is 1. The second kappa shape index (κ2) is 6.79. The first-order valence-corrected chi connectivity index (χ1v) is 8.58. The predicted molar refractivity (Wildman–Crippen MR) is 91.6 cm³/mol. The summed E-state index contributed by atoms with van der Waals surface area (Å²) in [5.41, 5.74) is 1.66. The van der Waals surface area contributed by atoms with Gasteiger partial charge in [0.25, 0.3) is 5.91 Å². The number of rotatable bonds is 4. The molecule has 0 bridgehead atoms. The normalized spacial score (nSPS) is 12.6. The molecule has 1 aromatic heterocycles. The number of nitriles is 1. The minimum Gasteiger partial charge on any atom is -0.482 e. The lowest BCUT2D eigenvalue weighted by atomic mass is 10.1. The third-order valence-electron chi connectivity index (χ3n) is 3.54. The lowest BCUT2D eigenvalue weighted by Gasteiger charge is -2.08. The van der Waals surface area contributed by atoms with Crippen LogP contribution < -0.4 is 10.1 Å². The van der Waals surface area contributed by atoms with Crippen molar-refractivity contribution in [3.8, 4) is 11.8 Å². The minimum absolute atomic E-state index is 0.186. The largest absolute Gasteiger partial charge is 0.482 e. The van der Waals surface area contributed by atoms with Crippen LogP contribution in [0.4, 0.5) is 5.00 Å². The zero-order chi connectivity index (χ0) is 16.4. The van der Waals surface area contributed by atoms with Crippen molar-refractivity contribution in [1.82, 2.24) is 0 Å². The number of fused-ring (bicyclic) bond motifs is 1. The van der Waals surface area contributed by atoms with E-state index in [1.165, 1.54) is 16.2 Å². The van der Waals surface area contributed by atoms with Crippen molar-refractivity contribution in [3.63, 3.8) is 0 Å². The zero-order valence-electron chi connectivity index (χ0n) is 12.0. The number of thiophene rings is 1. The van der Waals surface area contributed by atoms with Gasteiger partial charge in [0, 0.05) is 9.90 Å². The number of benzene rings is 1. The maximum atomic E-state index is 12.1. The van der Waals surface area contributed by atoms with E-state index < -0.39 is 0 Å². The Morgan fingerprint density at radius 1 is 1.39 bits per heavy atom. The van der Waals surface area contributed by atoms with Crippen molar-refractivity contribution in [1.29, 1.82) is 5.26 Å². The Morgan fingerprint density at radius 2 is 2.22 bits per heavy atom. The molecule has 4 nitrogen and oxygen atoms in total. The van der Waals surface area contributed by atoms with E-state index in [1.807, 2.05) is 0 Å². The van der Waals surface area contributed by atoms with Crippen LogP contribution in [0.3, 0.4) is 0 Å². The molecule has 1 aromatic carbocycles. The van der Waals surface area contributed by atoms with E-state index in [-0.39, 0.29) is 12.5 Å². The molecule has 7 heteroatoms. The highest BCUT2D eigenvalue weighted by atomic mass is 35.5. The Morgan fingerprint density at radius 3 is 2.96 bits per heavy atom. The van der Waals surface area contributed by atoms with Crippen LogP contribution in [0.25, 0.3) is 0 Å². The van der Waals surface area contributed by atoms with Crippen molar-refractivity contribution < 1.29 is 9.53 Å². The van der Waals surface area contributed by atoms with Gasteiger partial charge in [-0.2, -0.15) is 5.26 Å². The van der Waals surface area contributed by atoms with Crippen molar-refractivity contribution in [2.24, 2.45) is 0 Å². The number of ether oxygens (including phenoxy) is 1. The van der Waals surface area contributed by atoms with Crippen molar-refractivity contribution in [2.45, 2.75) is 19.3 Å².